The van der Waals surface area contributed by atoms with E-state index in [9.17, 15) is 4.79 Å². The van der Waals surface area contributed by atoms with Crippen LogP contribution >= 0.6 is 0 Å². The summed E-state index contributed by atoms with van der Waals surface area (Å²) < 4.78 is 1.64. The lowest BCUT2D eigenvalue weighted by Crippen LogP contribution is -2.49. The topological polar surface area (TPSA) is 92.1 Å². The lowest BCUT2D eigenvalue weighted by molar-refractivity contribution is -0.121. The van der Waals surface area contributed by atoms with Crippen LogP contribution in [0.4, 0.5) is 5.82 Å². The van der Waals surface area contributed by atoms with Crippen molar-refractivity contribution in [2.75, 3.05) is 44.7 Å². The first-order valence-corrected chi connectivity index (χ1v) is 6.87. The van der Waals surface area contributed by atoms with Crippen molar-refractivity contribution in [2.45, 2.75) is 0 Å². The fourth-order valence-electron chi connectivity index (χ4n) is 2.47. The first kappa shape index (κ1) is 13.7. The molecule has 0 aromatic carbocycles. The van der Waals surface area contributed by atoms with Crippen LogP contribution in [0.25, 0.3) is 11.2 Å². The Morgan fingerprint density at radius 2 is 2.05 bits per heavy atom. The Kier molecular flexibility index (Phi) is 3.65. The average molecular weight is 290 g/mol. The van der Waals surface area contributed by atoms with Crippen molar-refractivity contribution in [1.29, 1.82) is 0 Å². The molecule has 1 amide bonds. The lowest BCUT2D eigenvalue weighted by Gasteiger charge is -2.34. The maximum absolute atomic E-state index is 11.4. The van der Waals surface area contributed by atoms with E-state index in [4.69, 9.17) is 0 Å². The highest BCUT2D eigenvalue weighted by Crippen LogP contribution is 2.20. The molecule has 0 bridgehead atoms. The second-order valence-electron chi connectivity index (χ2n) is 5.02. The smallest absolute Gasteiger partial charge is 0.233 e. The van der Waals surface area contributed by atoms with E-state index in [1.807, 2.05) is 7.05 Å². The van der Waals surface area contributed by atoms with E-state index in [1.165, 1.54) is 6.33 Å². The number of carbonyl (C=O) groups excluding carboxylic acids is 1. The summed E-state index contributed by atoms with van der Waals surface area (Å²) in [5.74, 6) is 0.856. The monoisotopic (exact) mass is 290 g/mol. The molecule has 0 spiro atoms. The summed E-state index contributed by atoms with van der Waals surface area (Å²) >= 11 is 0. The van der Waals surface area contributed by atoms with Crippen molar-refractivity contribution in [1.82, 2.24) is 35.2 Å². The van der Waals surface area contributed by atoms with Crippen LogP contribution in [0.3, 0.4) is 0 Å². The maximum Gasteiger partial charge on any atom is 0.233 e. The lowest BCUT2D eigenvalue weighted by atomic mass is 10.3. The normalized spacial score (nSPS) is 16.4. The fourth-order valence-corrected chi connectivity index (χ4v) is 2.47. The summed E-state index contributed by atoms with van der Waals surface area (Å²) in [6.45, 7) is 3.69. The van der Waals surface area contributed by atoms with Gasteiger partial charge in [-0.25, -0.2) is 14.6 Å². The average Bonchev–Trinajstić information content (AvgIpc) is 2.90. The molecule has 1 saturated heterocycles. The molecule has 2 aromatic heterocycles. The molecule has 1 N–H and O–H groups in total. The maximum atomic E-state index is 11.4. The third kappa shape index (κ3) is 2.64. The molecular weight excluding hydrogens is 272 g/mol. The number of carbonyl (C=O) groups is 1. The van der Waals surface area contributed by atoms with E-state index in [0.717, 1.165) is 43.2 Å². The highest BCUT2D eigenvalue weighted by Gasteiger charge is 2.22. The zero-order valence-electron chi connectivity index (χ0n) is 12.2. The zero-order valence-corrected chi connectivity index (χ0v) is 12.2. The molecular formula is C12H18N8O. The predicted octanol–water partition coefficient (Wildman–Crippen LogP) is -1.37. The van der Waals surface area contributed by atoms with Gasteiger partial charge in [0.2, 0.25) is 5.91 Å². The zero-order chi connectivity index (χ0) is 14.8. The van der Waals surface area contributed by atoms with Crippen LogP contribution in [0.1, 0.15) is 0 Å². The van der Waals surface area contributed by atoms with Crippen LogP contribution < -0.4 is 10.2 Å². The van der Waals surface area contributed by atoms with Crippen molar-refractivity contribution in [2.24, 2.45) is 7.05 Å². The second-order valence-corrected chi connectivity index (χ2v) is 5.02. The van der Waals surface area contributed by atoms with Crippen molar-refractivity contribution >= 4 is 22.9 Å². The number of nitrogens with zero attached hydrogens (tertiary/aromatic N) is 7. The largest absolute Gasteiger partial charge is 0.358 e. The molecule has 0 unspecified atom stereocenters. The van der Waals surface area contributed by atoms with Gasteiger partial charge in [0.25, 0.3) is 0 Å². The van der Waals surface area contributed by atoms with E-state index in [1.54, 1.807) is 11.7 Å². The molecule has 1 aliphatic rings. The number of aryl methyl sites for hydroxylation is 1. The second kappa shape index (κ2) is 5.60. The first-order chi connectivity index (χ1) is 10.2. The van der Waals surface area contributed by atoms with E-state index in [-0.39, 0.29) is 5.91 Å². The van der Waals surface area contributed by atoms with Crippen LogP contribution in [0.5, 0.6) is 0 Å². The molecule has 3 rings (SSSR count). The van der Waals surface area contributed by atoms with Crippen molar-refractivity contribution in [3.63, 3.8) is 0 Å². The number of amides is 1. The van der Waals surface area contributed by atoms with Gasteiger partial charge in [0.05, 0.1) is 6.54 Å². The summed E-state index contributed by atoms with van der Waals surface area (Å²) in [6, 6.07) is 0. The quantitative estimate of drug-likeness (QED) is 0.745. The molecule has 1 aliphatic heterocycles. The Balaban J connectivity index is 1.72. The minimum Gasteiger partial charge on any atom is -0.358 e. The number of anilines is 1. The van der Waals surface area contributed by atoms with E-state index >= 15 is 0 Å². The Morgan fingerprint density at radius 3 is 2.76 bits per heavy atom. The van der Waals surface area contributed by atoms with Gasteiger partial charge in [0.1, 0.15) is 6.33 Å². The number of rotatable bonds is 3. The Hall–Kier alpha value is -2.29. The molecule has 1 fully saturated rings. The standard InChI is InChI=1S/C12H18N8O/c1-13-9(21)7-19-3-5-20(6-4-19)12-10-11(14-8-15-12)18(2)17-16-10/h8H,3-7H2,1-2H3,(H,13,21). The van der Waals surface area contributed by atoms with Crippen LogP contribution in [0.15, 0.2) is 6.33 Å². The summed E-state index contributed by atoms with van der Waals surface area (Å²) in [5.41, 5.74) is 1.45. The van der Waals surface area contributed by atoms with Gasteiger partial charge in [0, 0.05) is 40.3 Å². The van der Waals surface area contributed by atoms with Crippen molar-refractivity contribution in [3.05, 3.63) is 6.33 Å². The molecule has 0 aliphatic carbocycles. The molecule has 112 valence electrons. The van der Waals surface area contributed by atoms with Gasteiger partial charge in [-0.3, -0.25) is 9.69 Å². The van der Waals surface area contributed by atoms with Gasteiger partial charge in [0.15, 0.2) is 17.0 Å². The summed E-state index contributed by atoms with van der Waals surface area (Å²) in [4.78, 5) is 24.2. The fraction of sp³-hybridized carbons (Fsp3) is 0.583. The Labute approximate surface area is 121 Å². The number of nitrogens with one attached hydrogen (secondary N) is 1. The number of hydrogen-bond donors (Lipinski definition) is 1. The van der Waals surface area contributed by atoms with Crippen LogP contribution in [-0.4, -0.2) is 75.5 Å². The summed E-state index contributed by atoms with van der Waals surface area (Å²) in [7, 11) is 3.47. The summed E-state index contributed by atoms with van der Waals surface area (Å²) in [6.07, 6.45) is 1.54. The van der Waals surface area contributed by atoms with Crippen molar-refractivity contribution < 1.29 is 4.79 Å². The highest BCUT2D eigenvalue weighted by molar-refractivity contribution is 5.82. The number of hydrogen-bond acceptors (Lipinski definition) is 7. The number of aromatic nitrogens is 5. The third-order valence-electron chi connectivity index (χ3n) is 3.69. The minimum atomic E-state index is 0.0433. The van der Waals surface area contributed by atoms with Crippen LogP contribution in [-0.2, 0) is 11.8 Å². The SMILES string of the molecule is CNC(=O)CN1CCN(c2ncnc3c2nnn3C)CC1. The van der Waals surface area contributed by atoms with Crippen molar-refractivity contribution in [3.8, 4) is 0 Å². The third-order valence-corrected chi connectivity index (χ3v) is 3.69. The summed E-state index contributed by atoms with van der Waals surface area (Å²) in [5, 5.41) is 10.8. The minimum absolute atomic E-state index is 0.0433. The molecule has 0 atom stereocenters. The van der Waals surface area contributed by atoms with Gasteiger partial charge >= 0.3 is 0 Å². The molecule has 21 heavy (non-hydrogen) atoms. The number of piperazine rings is 1. The van der Waals surface area contributed by atoms with Crippen LogP contribution in [0.2, 0.25) is 0 Å². The Morgan fingerprint density at radius 1 is 1.29 bits per heavy atom. The van der Waals surface area contributed by atoms with Gasteiger partial charge < -0.3 is 10.2 Å². The van der Waals surface area contributed by atoms with Crippen LogP contribution in [0, 0.1) is 0 Å². The van der Waals surface area contributed by atoms with Gasteiger partial charge in [-0.15, -0.1) is 5.10 Å². The Bertz CT molecular complexity index is 646. The van der Waals surface area contributed by atoms with E-state index in [0.29, 0.717) is 6.54 Å². The van der Waals surface area contributed by atoms with Gasteiger partial charge in [-0.1, -0.05) is 5.21 Å². The molecule has 9 heteroatoms. The number of fused-ring (bicyclic) bond motifs is 1. The number of likely N-dealkylation sites (N-methyl/N-ethyl adjacent to an activating group) is 1. The molecule has 0 saturated carbocycles. The van der Waals surface area contributed by atoms with Gasteiger partial charge in [-0.2, -0.15) is 0 Å². The molecule has 9 nitrogen and oxygen atoms in total. The molecule has 2 aromatic rings. The first-order valence-electron chi connectivity index (χ1n) is 6.87. The van der Waals surface area contributed by atoms with E-state index < -0.39 is 0 Å². The molecule has 3 heterocycles. The molecule has 0 radical (unpaired) electrons. The highest BCUT2D eigenvalue weighted by atomic mass is 16.1. The van der Waals surface area contributed by atoms with E-state index in [2.05, 4.69) is 35.4 Å². The predicted molar refractivity (Wildman–Crippen MR) is 76.8 cm³/mol. The van der Waals surface area contributed by atoms with Gasteiger partial charge in [-0.05, 0) is 0 Å².